The maximum absolute atomic E-state index is 13.3. The van der Waals surface area contributed by atoms with Crippen LogP contribution in [0.25, 0.3) is 11.3 Å². The fourth-order valence-corrected chi connectivity index (χ4v) is 1.63. The van der Waals surface area contributed by atoms with Gasteiger partial charge in [0.05, 0.1) is 12.8 Å². The summed E-state index contributed by atoms with van der Waals surface area (Å²) >= 11 is 0. The predicted octanol–water partition coefficient (Wildman–Crippen LogP) is 2.89. The average Bonchev–Trinajstić information content (AvgIpc) is 2.37. The smallest absolute Gasteiger partial charge is 0.433 e. The molecule has 0 saturated heterocycles. The number of hydrogen-bond donors (Lipinski definition) is 1. The number of nitrogen functional groups attached to an aromatic ring is 1. The minimum absolute atomic E-state index is 0.0621. The average molecular weight is 287 g/mol. The first-order chi connectivity index (χ1) is 9.31. The minimum Gasteiger partial charge on any atom is -0.496 e. The molecule has 0 aliphatic heterocycles. The summed E-state index contributed by atoms with van der Waals surface area (Å²) in [6.45, 7) is 0. The first-order valence-electron chi connectivity index (χ1n) is 5.37. The van der Waals surface area contributed by atoms with E-state index in [-0.39, 0.29) is 17.0 Å². The van der Waals surface area contributed by atoms with E-state index in [1.54, 1.807) is 0 Å². The van der Waals surface area contributed by atoms with Gasteiger partial charge >= 0.3 is 6.18 Å². The van der Waals surface area contributed by atoms with Crippen molar-refractivity contribution in [1.82, 2.24) is 9.97 Å². The Morgan fingerprint density at radius 3 is 2.45 bits per heavy atom. The summed E-state index contributed by atoms with van der Waals surface area (Å²) in [5, 5.41) is 0. The fourth-order valence-electron chi connectivity index (χ4n) is 1.63. The molecule has 0 amide bonds. The van der Waals surface area contributed by atoms with Crippen LogP contribution in [0.2, 0.25) is 0 Å². The minimum atomic E-state index is -4.67. The van der Waals surface area contributed by atoms with Crippen LogP contribution in [-0.4, -0.2) is 17.1 Å². The molecule has 0 bridgehead atoms. The monoisotopic (exact) mass is 287 g/mol. The number of ether oxygens (including phenoxy) is 1. The highest BCUT2D eigenvalue weighted by Gasteiger charge is 2.33. The van der Waals surface area contributed by atoms with Crippen molar-refractivity contribution in [2.75, 3.05) is 12.8 Å². The Kier molecular flexibility index (Phi) is 3.47. The molecule has 0 aliphatic carbocycles. The van der Waals surface area contributed by atoms with Crippen LogP contribution in [0.4, 0.5) is 23.5 Å². The summed E-state index contributed by atoms with van der Waals surface area (Å²) in [6, 6.07) is 4.11. The zero-order valence-electron chi connectivity index (χ0n) is 10.2. The molecule has 20 heavy (non-hydrogen) atoms. The molecule has 2 rings (SSSR count). The number of nitrogens with two attached hydrogens (primary N) is 1. The molecule has 1 aromatic heterocycles. The van der Waals surface area contributed by atoms with Crippen molar-refractivity contribution in [3.05, 3.63) is 35.8 Å². The summed E-state index contributed by atoms with van der Waals surface area (Å²) in [4.78, 5) is 6.80. The van der Waals surface area contributed by atoms with Gasteiger partial charge in [-0.3, -0.25) is 0 Å². The molecule has 0 radical (unpaired) electrons. The molecule has 0 aliphatic rings. The standard InChI is InChI=1S/C12H9F4N3O/c1-20-9-3-2-6(13)4-7(9)8-5-10(12(14,15)16)19-11(17)18-8/h2-5H,1H3,(H2,17,18,19). The Morgan fingerprint density at radius 1 is 1.15 bits per heavy atom. The third kappa shape index (κ3) is 2.79. The molecular weight excluding hydrogens is 278 g/mol. The fraction of sp³-hybridized carbons (Fsp3) is 0.167. The van der Waals surface area contributed by atoms with Gasteiger partial charge in [0.25, 0.3) is 0 Å². The van der Waals surface area contributed by atoms with E-state index in [0.717, 1.165) is 12.1 Å². The Balaban J connectivity index is 2.64. The van der Waals surface area contributed by atoms with E-state index in [1.807, 2.05) is 0 Å². The molecule has 0 spiro atoms. The molecule has 1 heterocycles. The van der Waals surface area contributed by atoms with Gasteiger partial charge in [-0.1, -0.05) is 0 Å². The first-order valence-corrected chi connectivity index (χ1v) is 5.37. The van der Waals surface area contributed by atoms with Crippen LogP contribution < -0.4 is 10.5 Å². The zero-order valence-corrected chi connectivity index (χ0v) is 10.2. The van der Waals surface area contributed by atoms with Gasteiger partial charge in [-0.15, -0.1) is 0 Å². The maximum Gasteiger partial charge on any atom is 0.433 e. The number of halogens is 4. The van der Waals surface area contributed by atoms with E-state index >= 15 is 0 Å². The number of aromatic nitrogens is 2. The number of benzene rings is 1. The van der Waals surface area contributed by atoms with Crippen molar-refractivity contribution in [2.24, 2.45) is 0 Å². The van der Waals surface area contributed by atoms with Crippen molar-refractivity contribution >= 4 is 5.95 Å². The third-order valence-corrected chi connectivity index (χ3v) is 2.47. The van der Waals surface area contributed by atoms with Gasteiger partial charge in [0, 0.05) is 5.56 Å². The Bertz CT molecular complexity index is 643. The van der Waals surface area contributed by atoms with E-state index in [2.05, 4.69) is 9.97 Å². The summed E-state index contributed by atoms with van der Waals surface area (Å²) in [7, 11) is 1.31. The van der Waals surface area contributed by atoms with E-state index in [4.69, 9.17) is 10.5 Å². The highest BCUT2D eigenvalue weighted by Crippen LogP contribution is 2.34. The summed E-state index contributed by atoms with van der Waals surface area (Å²) in [5.74, 6) is -1.01. The van der Waals surface area contributed by atoms with Gasteiger partial charge in [-0.2, -0.15) is 13.2 Å². The number of rotatable bonds is 2. The predicted molar refractivity (Wildman–Crippen MR) is 63.4 cm³/mol. The molecule has 0 saturated carbocycles. The van der Waals surface area contributed by atoms with Crippen molar-refractivity contribution < 1.29 is 22.3 Å². The number of nitrogens with zero attached hydrogens (tertiary/aromatic N) is 2. The van der Waals surface area contributed by atoms with Gasteiger partial charge < -0.3 is 10.5 Å². The molecule has 106 valence electrons. The summed E-state index contributed by atoms with van der Waals surface area (Å²) in [6.07, 6.45) is -4.67. The number of alkyl halides is 3. The van der Waals surface area contributed by atoms with Crippen molar-refractivity contribution in [1.29, 1.82) is 0 Å². The van der Waals surface area contributed by atoms with Crippen LogP contribution in [0.3, 0.4) is 0 Å². The highest BCUT2D eigenvalue weighted by atomic mass is 19.4. The van der Waals surface area contributed by atoms with Gasteiger partial charge in [0.2, 0.25) is 5.95 Å². The molecule has 2 N–H and O–H groups in total. The van der Waals surface area contributed by atoms with Gasteiger partial charge in [0.1, 0.15) is 11.6 Å². The number of hydrogen-bond acceptors (Lipinski definition) is 4. The number of methoxy groups -OCH3 is 1. The highest BCUT2D eigenvalue weighted by molar-refractivity contribution is 5.68. The van der Waals surface area contributed by atoms with E-state index in [9.17, 15) is 17.6 Å². The Morgan fingerprint density at radius 2 is 1.85 bits per heavy atom. The molecule has 0 atom stereocenters. The van der Waals surface area contributed by atoms with E-state index in [0.29, 0.717) is 6.07 Å². The molecule has 2 aromatic rings. The lowest BCUT2D eigenvalue weighted by molar-refractivity contribution is -0.141. The lowest BCUT2D eigenvalue weighted by atomic mass is 10.1. The van der Waals surface area contributed by atoms with Crippen LogP contribution in [0, 0.1) is 5.82 Å². The van der Waals surface area contributed by atoms with Crippen LogP contribution in [0.5, 0.6) is 5.75 Å². The van der Waals surface area contributed by atoms with E-state index in [1.165, 1.54) is 13.2 Å². The van der Waals surface area contributed by atoms with Crippen molar-refractivity contribution in [3.8, 4) is 17.0 Å². The van der Waals surface area contributed by atoms with Crippen LogP contribution in [-0.2, 0) is 6.18 Å². The number of anilines is 1. The molecule has 0 unspecified atom stereocenters. The van der Waals surface area contributed by atoms with Gasteiger partial charge in [-0.25, -0.2) is 14.4 Å². The lowest BCUT2D eigenvalue weighted by Crippen LogP contribution is -2.11. The van der Waals surface area contributed by atoms with Gasteiger partial charge in [-0.05, 0) is 24.3 Å². The van der Waals surface area contributed by atoms with Crippen LogP contribution in [0.15, 0.2) is 24.3 Å². The molecular formula is C12H9F4N3O. The maximum atomic E-state index is 13.3. The third-order valence-electron chi connectivity index (χ3n) is 2.47. The molecule has 4 nitrogen and oxygen atoms in total. The molecule has 1 aromatic carbocycles. The Hall–Kier alpha value is -2.38. The Labute approximate surface area is 111 Å². The second kappa shape index (κ2) is 4.95. The second-order valence-corrected chi connectivity index (χ2v) is 3.84. The quantitative estimate of drug-likeness (QED) is 0.863. The van der Waals surface area contributed by atoms with Crippen molar-refractivity contribution in [3.63, 3.8) is 0 Å². The molecule has 0 fully saturated rings. The zero-order chi connectivity index (χ0) is 14.9. The van der Waals surface area contributed by atoms with Crippen LogP contribution in [0.1, 0.15) is 5.69 Å². The van der Waals surface area contributed by atoms with Gasteiger partial charge in [0.15, 0.2) is 5.69 Å². The topological polar surface area (TPSA) is 61.0 Å². The molecule has 8 heteroatoms. The van der Waals surface area contributed by atoms with E-state index < -0.39 is 23.6 Å². The lowest BCUT2D eigenvalue weighted by Gasteiger charge is -2.11. The largest absolute Gasteiger partial charge is 0.496 e. The second-order valence-electron chi connectivity index (χ2n) is 3.84. The summed E-state index contributed by atoms with van der Waals surface area (Å²) < 4.78 is 56.2. The summed E-state index contributed by atoms with van der Waals surface area (Å²) in [5.41, 5.74) is 3.96. The first kappa shape index (κ1) is 14.0. The van der Waals surface area contributed by atoms with Crippen LogP contribution >= 0.6 is 0 Å². The SMILES string of the molecule is COc1ccc(F)cc1-c1cc(C(F)(F)F)nc(N)n1. The van der Waals surface area contributed by atoms with Crippen molar-refractivity contribution in [2.45, 2.75) is 6.18 Å². The normalized spacial score (nSPS) is 11.4.